The van der Waals surface area contributed by atoms with E-state index in [1.54, 1.807) is 24.4 Å². The smallest absolute Gasteiger partial charge is 0.211 e. The van der Waals surface area contributed by atoms with Crippen LogP contribution in [0.5, 0.6) is 0 Å². The first-order valence-electron chi connectivity index (χ1n) is 4.80. The van der Waals surface area contributed by atoms with Crippen LogP contribution in [0.15, 0.2) is 48.7 Å². The Kier molecular flexibility index (Phi) is 2.59. The molecule has 0 radical (unpaired) electrons. The molecule has 0 spiro atoms. The number of benzene rings is 1. The van der Waals surface area contributed by atoms with Crippen molar-refractivity contribution < 1.29 is 4.79 Å². The molecule has 2 rings (SSSR count). The maximum absolute atomic E-state index is 11.9. The fourth-order valence-electron chi connectivity index (χ4n) is 1.34. The van der Waals surface area contributed by atoms with Crippen LogP contribution in [0.4, 0.5) is 0 Å². The van der Waals surface area contributed by atoms with Gasteiger partial charge in [-0.3, -0.25) is 9.78 Å². The Balaban J connectivity index is 2.33. The van der Waals surface area contributed by atoms with E-state index in [-0.39, 0.29) is 5.78 Å². The summed E-state index contributed by atoms with van der Waals surface area (Å²) in [5.41, 5.74) is 2.22. The van der Waals surface area contributed by atoms with E-state index in [1.807, 2.05) is 31.2 Å². The van der Waals surface area contributed by atoms with Crippen LogP contribution in [0, 0.1) is 6.92 Å². The van der Waals surface area contributed by atoms with E-state index in [4.69, 9.17) is 0 Å². The van der Waals surface area contributed by atoms with Gasteiger partial charge in [0, 0.05) is 11.8 Å². The van der Waals surface area contributed by atoms with Crippen molar-refractivity contribution in [3.8, 4) is 0 Å². The Labute approximate surface area is 88.6 Å². The van der Waals surface area contributed by atoms with Crippen LogP contribution in [0.3, 0.4) is 0 Å². The Hall–Kier alpha value is -1.96. The summed E-state index contributed by atoms with van der Waals surface area (Å²) in [6, 6.07) is 12.8. The fraction of sp³-hybridized carbons (Fsp3) is 0.0769. The van der Waals surface area contributed by atoms with Crippen LogP contribution in [-0.4, -0.2) is 10.8 Å². The highest BCUT2D eigenvalue weighted by Gasteiger charge is 2.08. The van der Waals surface area contributed by atoms with Gasteiger partial charge in [0.15, 0.2) is 0 Å². The lowest BCUT2D eigenvalue weighted by atomic mass is 10.1. The number of hydrogen-bond donors (Lipinski definition) is 0. The SMILES string of the molecule is Cc1ccc(C(=O)c2ccccc2)nc1. The highest BCUT2D eigenvalue weighted by Crippen LogP contribution is 2.07. The Morgan fingerprint density at radius 3 is 2.40 bits per heavy atom. The molecule has 0 bridgehead atoms. The van der Waals surface area contributed by atoms with Gasteiger partial charge < -0.3 is 0 Å². The molecule has 0 amide bonds. The zero-order valence-corrected chi connectivity index (χ0v) is 8.47. The summed E-state index contributed by atoms with van der Waals surface area (Å²) in [7, 11) is 0. The maximum atomic E-state index is 11.9. The molecule has 1 heterocycles. The molecule has 0 aliphatic rings. The Morgan fingerprint density at radius 1 is 1.07 bits per heavy atom. The van der Waals surface area contributed by atoms with Crippen LogP contribution in [-0.2, 0) is 0 Å². The molecule has 0 saturated heterocycles. The molecule has 0 saturated carbocycles. The molecule has 0 N–H and O–H groups in total. The lowest BCUT2D eigenvalue weighted by Gasteiger charge is -1.99. The molecule has 1 aromatic heterocycles. The molecule has 74 valence electrons. The predicted molar refractivity (Wildman–Crippen MR) is 58.8 cm³/mol. The molecular formula is C13H11NO. The van der Waals surface area contributed by atoms with Crippen molar-refractivity contribution in [3.63, 3.8) is 0 Å². The molecule has 0 fully saturated rings. The predicted octanol–water partition coefficient (Wildman–Crippen LogP) is 2.62. The minimum atomic E-state index is -0.0319. The molecule has 0 atom stereocenters. The normalized spacial score (nSPS) is 9.93. The number of ketones is 1. The summed E-state index contributed by atoms with van der Waals surface area (Å²) in [4.78, 5) is 16.0. The molecule has 0 aliphatic heterocycles. The summed E-state index contributed by atoms with van der Waals surface area (Å²) < 4.78 is 0. The first-order chi connectivity index (χ1) is 7.27. The van der Waals surface area contributed by atoms with E-state index in [1.165, 1.54) is 0 Å². The van der Waals surface area contributed by atoms with Crippen molar-refractivity contribution in [1.29, 1.82) is 0 Å². The molecule has 15 heavy (non-hydrogen) atoms. The summed E-state index contributed by atoms with van der Waals surface area (Å²) in [5.74, 6) is -0.0319. The second-order valence-corrected chi connectivity index (χ2v) is 3.42. The van der Waals surface area contributed by atoms with E-state index < -0.39 is 0 Å². The largest absolute Gasteiger partial charge is 0.287 e. The van der Waals surface area contributed by atoms with E-state index in [9.17, 15) is 4.79 Å². The van der Waals surface area contributed by atoms with Crippen molar-refractivity contribution in [3.05, 3.63) is 65.5 Å². The average Bonchev–Trinajstić information content (AvgIpc) is 2.30. The number of rotatable bonds is 2. The molecule has 2 nitrogen and oxygen atoms in total. The second kappa shape index (κ2) is 4.05. The molecule has 0 unspecified atom stereocenters. The number of aryl methyl sites for hydroxylation is 1. The third kappa shape index (κ3) is 2.10. The molecule has 2 aromatic rings. The fourth-order valence-corrected chi connectivity index (χ4v) is 1.34. The van der Waals surface area contributed by atoms with Crippen molar-refractivity contribution in [1.82, 2.24) is 4.98 Å². The first kappa shape index (κ1) is 9.59. The van der Waals surface area contributed by atoms with E-state index >= 15 is 0 Å². The highest BCUT2D eigenvalue weighted by molar-refractivity contribution is 6.07. The third-order valence-electron chi connectivity index (χ3n) is 2.18. The molecular weight excluding hydrogens is 186 g/mol. The minimum Gasteiger partial charge on any atom is -0.287 e. The summed E-state index contributed by atoms with van der Waals surface area (Å²) >= 11 is 0. The number of aromatic nitrogens is 1. The zero-order valence-electron chi connectivity index (χ0n) is 8.47. The quantitative estimate of drug-likeness (QED) is 0.693. The number of nitrogens with zero attached hydrogens (tertiary/aromatic N) is 1. The zero-order chi connectivity index (χ0) is 10.7. The number of carbonyl (C=O) groups excluding carboxylic acids is 1. The van der Waals surface area contributed by atoms with Gasteiger partial charge in [0.2, 0.25) is 5.78 Å². The van der Waals surface area contributed by atoms with Gasteiger partial charge in [-0.1, -0.05) is 36.4 Å². The van der Waals surface area contributed by atoms with Gasteiger partial charge in [0.1, 0.15) is 5.69 Å². The van der Waals surface area contributed by atoms with Crippen LogP contribution in [0.1, 0.15) is 21.6 Å². The average molecular weight is 197 g/mol. The standard InChI is InChI=1S/C13H11NO/c1-10-7-8-12(14-9-10)13(15)11-5-3-2-4-6-11/h2-9H,1H3. The Morgan fingerprint density at radius 2 is 1.80 bits per heavy atom. The number of hydrogen-bond acceptors (Lipinski definition) is 2. The number of pyridine rings is 1. The topological polar surface area (TPSA) is 30.0 Å². The van der Waals surface area contributed by atoms with Gasteiger partial charge in [-0.15, -0.1) is 0 Å². The first-order valence-corrected chi connectivity index (χ1v) is 4.80. The van der Waals surface area contributed by atoms with Gasteiger partial charge in [0.05, 0.1) is 0 Å². The van der Waals surface area contributed by atoms with Gasteiger partial charge in [0.25, 0.3) is 0 Å². The lowest BCUT2D eigenvalue weighted by Crippen LogP contribution is -2.03. The van der Waals surface area contributed by atoms with Gasteiger partial charge in [-0.25, -0.2) is 0 Å². The summed E-state index contributed by atoms with van der Waals surface area (Å²) in [6.45, 7) is 1.95. The molecule has 2 heteroatoms. The summed E-state index contributed by atoms with van der Waals surface area (Å²) in [6.07, 6.45) is 1.70. The lowest BCUT2D eigenvalue weighted by molar-refractivity contribution is 0.103. The van der Waals surface area contributed by atoms with Crippen molar-refractivity contribution in [2.45, 2.75) is 6.92 Å². The van der Waals surface area contributed by atoms with Crippen LogP contribution in [0.25, 0.3) is 0 Å². The van der Waals surface area contributed by atoms with Crippen molar-refractivity contribution >= 4 is 5.78 Å². The maximum Gasteiger partial charge on any atom is 0.211 e. The van der Waals surface area contributed by atoms with Gasteiger partial charge >= 0.3 is 0 Å². The van der Waals surface area contributed by atoms with Gasteiger partial charge in [-0.05, 0) is 18.6 Å². The van der Waals surface area contributed by atoms with Crippen LogP contribution >= 0.6 is 0 Å². The number of carbonyl (C=O) groups is 1. The molecule has 0 aliphatic carbocycles. The second-order valence-electron chi connectivity index (χ2n) is 3.42. The van der Waals surface area contributed by atoms with E-state index in [2.05, 4.69) is 4.98 Å². The molecule has 1 aromatic carbocycles. The van der Waals surface area contributed by atoms with Gasteiger partial charge in [-0.2, -0.15) is 0 Å². The third-order valence-corrected chi connectivity index (χ3v) is 2.18. The van der Waals surface area contributed by atoms with Crippen LogP contribution in [0.2, 0.25) is 0 Å². The monoisotopic (exact) mass is 197 g/mol. The minimum absolute atomic E-state index is 0.0319. The van der Waals surface area contributed by atoms with Crippen LogP contribution < -0.4 is 0 Å². The summed E-state index contributed by atoms with van der Waals surface area (Å²) in [5, 5.41) is 0. The highest BCUT2D eigenvalue weighted by atomic mass is 16.1. The van der Waals surface area contributed by atoms with Crippen molar-refractivity contribution in [2.24, 2.45) is 0 Å². The van der Waals surface area contributed by atoms with Crippen molar-refractivity contribution in [2.75, 3.05) is 0 Å². The Bertz CT molecular complexity index is 460. The van der Waals surface area contributed by atoms with E-state index in [0.29, 0.717) is 11.3 Å². The van der Waals surface area contributed by atoms with E-state index in [0.717, 1.165) is 5.56 Å².